The second kappa shape index (κ2) is 5.66. The summed E-state index contributed by atoms with van der Waals surface area (Å²) < 4.78 is 11.8. The molecule has 1 aromatic rings. The minimum Gasteiger partial charge on any atom is -0.394 e. The molecule has 0 spiro atoms. The molecule has 0 bridgehead atoms. The average molecular weight is 250 g/mol. The second-order valence-electron chi connectivity index (χ2n) is 3.73. The lowest BCUT2D eigenvalue weighted by atomic mass is 10.1. The quantitative estimate of drug-likeness (QED) is 0.795. The third kappa shape index (κ3) is 3.96. The lowest BCUT2D eigenvalue weighted by molar-refractivity contribution is 0.268. The lowest BCUT2D eigenvalue weighted by Crippen LogP contribution is -2.16. The highest BCUT2D eigenvalue weighted by Gasteiger charge is 2.12. The number of aliphatic hydroxyl groups excluding tert-OH is 1. The third-order valence-corrected chi connectivity index (χ3v) is 3.64. The molecule has 0 amide bonds. The highest BCUT2D eigenvalue weighted by atomic mass is 35.5. The normalized spacial score (nSPS) is 13.1. The zero-order valence-electron chi connectivity index (χ0n) is 8.88. The highest BCUT2D eigenvalue weighted by molar-refractivity contribution is 7.70. The first-order valence-corrected chi connectivity index (χ1v) is 7.07. The first-order chi connectivity index (χ1) is 6.45. The van der Waals surface area contributed by atoms with E-state index >= 15 is 0 Å². The molecule has 1 rings (SSSR count). The summed E-state index contributed by atoms with van der Waals surface area (Å²) in [5.41, 5.74) is 6.49. The Hall–Kier alpha value is -0.340. The summed E-state index contributed by atoms with van der Waals surface area (Å²) in [7, 11) is -2.23. The first kappa shape index (κ1) is 14.7. The molecule has 3 nitrogen and oxygen atoms in total. The largest absolute Gasteiger partial charge is 0.394 e. The number of hydrogen-bond acceptors (Lipinski definition) is 3. The Morgan fingerprint density at radius 3 is 2.53 bits per heavy atom. The maximum absolute atomic E-state index is 11.8. The zero-order chi connectivity index (χ0) is 10.8. The molecule has 0 radical (unpaired) electrons. The Morgan fingerprint density at radius 2 is 2.07 bits per heavy atom. The number of aliphatic hydroxyl groups is 1. The van der Waals surface area contributed by atoms with Crippen LogP contribution in [0.1, 0.15) is 11.6 Å². The van der Waals surface area contributed by atoms with Gasteiger partial charge in [-0.05, 0) is 25.0 Å². The van der Waals surface area contributed by atoms with Gasteiger partial charge in [0.2, 0.25) is 0 Å². The lowest BCUT2D eigenvalue weighted by Gasteiger charge is -2.12. The van der Waals surface area contributed by atoms with E-state index < -0.39 is 7.14 Å². The van der Waals surface area contributed by atoms with Gasteiger partial charge in [0.25, 0.3) is 0 Å². The van der Waals surface area contributed by atoms with Gasteiger partial charge in [-0.2, -0.15) is 0 Å². The van der Waals surface area contributed by atoms with Crippen molar-refractivity contribution in [3.05, 3.63) is 29.8 Å². The van der Waals surface area contributed by atoms with E-state index in [1.807, 2.05) is 24.3 Å². The molecular formula is C10H17ClNO2P. The van der Waals surface area contributed by atoms with Crippen molar-refractivity contribution in [2.24, 2.45) is 5.73 Å². The zero-order valence-corrected chi connectivity index (χ0v) is 10.6. The predicted octanol–water partition coefficient (Wildman–Crippen LogP) is 1.35. The van der Waals surface area contributed by atoms with Gasteiger partial charge in [-0.25, -0.2) is 0 Å². The van der Waals surface area contributed by atoms with E-state index in [0.29, 0.717) is 0 Å². The molecule has 0 saturated heterocycles. The van der Waals surface area contributed by atoms with Crippen LogP contribution >= 0.6 is 19.5 Å². The predicted molar refractivity (Wildman–Crippen MR) is 66.8 cm³/mol. The molecule has 0 aromatic heterocycles. The molecule has 0 saturated carbocycles. The fourth-order valence-corrected chi connectivity index (χ4v) is 2.10. The standard InChI is InChI=1S/C10H16NO2P.ClH/c1-14(2,13)9-5-3-4-8(6-9)10(11)7-12;/h3-6,10,12H,7,11H2,1-2H3;1H. The Morgan fingerprint density at radius 1 is 1.47 bits per heavy atom. The molecule has 0 aliphatic carbocycles. The molecule has 86 valence electrons. The van der Waals surface area contributed by atoms with Crippen molar-refractivity contribution in [2.75, 3.05) is 19.9 Å². The molecule has 0 aliphatic heterocycles. The molecule has 1 unspecified atom stereocenters. The van der Waals surface area contributed by atoms with Gasteiger partial charge >= 0.3 is 0 Å². The van der Waals surface area contributed by atoms with E-state index in [0.717, 1.165) is 10.9 Å². The summed E-state index contributed by atoms with van der Waals surface area (Å²) in [6.45, 7) is 3.34. The van der Waals surface area contributed by atoms with Gasteiger partial charge in [0.1, 0.15) is 7.14 Å². The summed E-state index contributed by atoms with van der Waals surface area (Å²) in [5, 5.41) is 9.69. The van der Waals surface area contributed by atoms with E-state index in [1.165, 1.54) is 0 Å². The van der Waals surface area contributed by atoms with E-state index in [9.17, 15) is 4.57 Å². The Labute approximate surface area is 96.5 Å². The molecule has 0 aliphatic rings. The summed E-state index contributed by atoms with van der Waals surface area (Å²) in [5.74, 6) is 0. The van der Waals surface area contributed by atoms with Crippen molar-refractivity contribution in [1.82, 2.24) is 0 Å². The number of benzene rings is 1. The van der Waals surface area contributed by atoms with E-state index in [-0.39, 0.29) is 25.1 Å². The Bertz CT molecular complexity index is 364. The Balaban J connectivity index is 0.00000196. The third-order valence-electron chi connectivity index (χ3n) is 2.12. The number of halogens is 1. The van der Waals surface area contributed by atoms with Gasteiger partial charge < -0.3 is 15.4 Å². The molecule has 0 heterocycles. The van der Waals surface area contributed by atoms with Crippen molar-refractivity contribution in [3.63, 3.8) is 0 Å². The average Bonchev–Trinajstić information content (AvgIpc) is 2.15. The van der Waals surface area contributed by atoms with Gasteiger partial charge in [0.05, 0.1) is 12.6 Å². The summed E-state index contributed by atoms with van der Waals surface area (Å²) >= 11 is 0. The van der Waals surface area contributed by atoms with Gasteiger partial charge in [0, 0.05) is 5.30 Å². The van der Waals surface area contributed by atoms with E-state index in [4.69, 9.17) is 10.8 Å². The van der Waals surface area contributed by atoms with Crippen LogP contribution in [0, 0.1) is 0 Å². The summed E-state index contributed by atoms with van der Waals surface area (Å²) in [4.78, 5) is 0. The van der Waals surface area contributed by atoms with Gasteiger partial charge in [-0.1, -0.05) is 18.2 Å². The van der Waals surface area contributed by atoms with Crippen LogP contribution in [0.15, 0.2) is 24.3 Å². The molecule has 1 aromatic carbocycles. The van der Waals surface area contributed by atoms with Crippen LogP contribution in [0.2, 0.25) is 0 Å². The molecule has 5 heteroatoms. The fourth-order valence-electron chi connectivity index (χ4n) is 1.20. The van der Waals surface area contributed by atoms with Crippen molar-refractivity contribution < 1.29 is 9.67 Å². The van der Waals surface area contributed by atoms with E-state index in [1.54, 1.807) is 13.3 Å². The maximum atomic E-state index is 11.8. The first-order valence-electron chi connectivity index (χ1n) is 4.47. The number of hydrogen-bond donors (Lipinski definition) is 2. The monoisotopic (exact) mass is 249 g/mol. The van der Waals surface area contributed by atoms with E-state index in [2.05, 4.69) is 0 Å². The summed E-state index contributed by atoms with van der Waals surface area (Å²) in [6.07, 6.45) is 0. The van der Waals surface area contributed by atoms with Crippen LogP contribution in [0.5, 0.6) is 0 Å². The highest BCUT2D eigenvalue weighted by Crippen LogP contribution is 2.34. The molecule has 0 fully saturated rings. The van der Waals surface area contributed by atoms with Crippen molar-refractivity contribution >= 4 is 24.9 Å². The van der Waals surface area contributed by atoms with Crippen molar-refractivity contribution in [3.8, 4) is 0 Å². The van der Waals surface area contributed by atoms with Crippen LogP contribution in [0.4, 0.5) is 0 Å². The van der Waals surface area contributed by atoms with Crippen molar-refractivity contribution in [1.29, 1.82) is 0 Å². The van der Waals surface area contributed by atoms with Crippen LogP contribution in [-0.2, 0) is 4.57 Å². The van der Waals surface area contributed by atoms with Gasteiger partial charge in [-0.15, -0.1) is 12.4 Å². The van der Waals surface area contributed by atoms with Crippen LogP contribution in [0.3, 0.4) is 0 Å². The number of nitrogens with two attached hydrogens (primary N) is 1. The Kier molecular flexibility index (Phi) is 5.54. The smallest absolute Gasteiger partial charge is 0.109 e. The molecular weight excluding hydrogens is 233 g/mol. The van der Waals surface area contributed by atoms with Crippen molar-refractivity contribution in [2.45, 2.75) is 6.04 Å². The van der Waals surface area contributed by atoms with Crippen LogP contribution < -0.4 is 11.0 Å². The second-order valence-corrected chi connectivity index (χ2v) is 6.95. The number of rotatable bonds is 3. The van der Waals surface area contributed by atoms with Gasteiger partial charge in [0.15, 0.2) is 0 Å². The fraction of sp³-hybridized carbons (Fsp3) is 0.400. The van der Waals surface area contributed by atoms with Gasteiger partial charge in [-0.3, -0.25) is 0 Å². The molecule has 15 heavy (non-hydrogen) atoms. The topological polar surface area (TPSA) is 63.3 Å². The van der Waals surface area contributed by atoms with Crippen LogP contribution in [-0.4, -0.2) is 25.0 Å². The molecule has 3 N–H and O–H groups in total. The SMILES string of the molecule is CP(C)(=O)c1cccc(C(N)CO)c1.Cl. The minimum absolute atomic E-state index is 0. The van der Waals surface area contributed by atoms with Crippen LogP contribution in [0.25, 0.3) is 0 Å². The maximum Gasteiger partial charge on any atom is 0.109 e. The molecule has 1 atom stereocenters. The minimum atomic E-state index is -2.23. The summed E-state index contributed by atoms with van der Waals surface area (Å²) in [6, 6.07) is 6.90.